The van der Waals surface area contributed by atoms with Gasteiger partial charge in [-0.05, 0) is 48.7 Å². The van der Waals surface area contributed by atoms with E-state index in [0.717, 1.165) is 28.6 Å². The molecule has 3 aromatic rings. The van der Waals surface area contributed by atoms with Crippen molar-refractivity contribution < 1.29 is 9.53 Å². The van der Waals surface area contributed by atoms with Gasteiger partial charge in [0.1, 0.15) is 5.75 Å². The van der Waals surface area contributed by atoms with Gasteiger partial charge in [-0.3, -0.25) is 4.79 Å². The average Bonchev–Trinajstić information content (AvgIpc) is 3.30. The number of carbonyl (C=O) groups excluding carboxylic acids is 1. The van der Waals surface area contributed by atoms with Crippen molar-refractivity contribution >= 4 is 39.1 Å². The Morgan fingerprint density at radius 2 is 2.00 bits per heavy atom. The number of hydrogen-bond donors (Lipinski definition) is 1. The van der Waals surface area contributed by atoms with Gasteiger partial charge in [0.2, 0.25) is 5.91 Å². The maximum absolute atomic E-state index is 12.0. The minimum absolute atomic E-state index is 0.0826. The van der Waals surface area contributed by atoms with Crippen LogP contribution in [-0.2, 0) is 10.2 Å². The Kier molecular flexibility index (Phi) is 3.70. The highest BCUT2D eigenvalue weighted by molar-refractivity contribution is 7.20. The third kappa shape index (κ3) is 2.64. The summed E-state index contributed by atoms with van der Waals surface area (Å²) in [7, 11) is 1.68. The Bertz CT molecular complexity index is 916. The van der Waals surface area contributed by atoms with E-state index in [1.54, 1.807) is 7.05 Å². The molecule has 1 fully saturated rings. The van der Waals surface area contributed by atoms with Crippen LogP contribution in [0.15, 0.2) is 42.5 Å². The summed E-state index contributed by atoms with van der Waals surface area (Å²) >= 11 is 7.45. The van der Waals surface area contributed by atoms with Crippen molar-refractivity contribution in [3.8, 4) is 10.9 Å². The number of hydrogen-bond acceptors (Lipinski definition) is 4. The Morgan fingerprint density at radius 3 is 2.67 bits per heavy atom. The number of ether oxygens (including phenoxy) is 1. The van der Waals surface area contributed by atoms with Crippen molar-refractivity contribution in [2.45, 2.75) is 18.3 Å². The standard InChI is InChI=1S/C18H15ClN2O2S/c1-20-16(22)18(8-9-18)11-2-5-13(6-3-11)23-17-21-14-7-4-12(19)10-15(14)24-17/h2-7,10H,8-9H2,1H3,(H,20,22). The number of aromatic nitrogens is 1. The highest BCUT2D eigenvalue weighted by Gasteiger charge is 2.50. The second kappa shape index (κ2) is 5.76. The number of amides is 1. The van der Waals surface area contributed by atoms with E-state index in [0.29, 0.717) is 16.0 Å². The van der Waals surface area contributed by atoms with E-state index in [-0.39, 0.29) is 11.3 Å². The summed E-state index contributed by atoms with van der Waals surface area (Å²) in [6.07, 6.45) is 1.79. The van der Waals surface area contributed by atoms with Crippen molar-refractivity contribution in [1.82, 2.24) is 10.3 Å². The molecule has 6 heteroatoms. The molecule has 0 aliphatic heterocycles. The lowest BCUT2D eigenvalue weighted by Crippen LogP contribution is -2.31. The molecule has 4 nitrogen and oxygen atoms in total. The van der Waals surface area contributed by atoms with Gasteiger partial charge in [0, 0.05) is 12.1 Å². The largest absolute Gasteiger partial charge is 0.431 e. The summed E-state index contributed by atoms with van der Waals surface area (Å²) in [5, 5.41) is 4.01. The molecule has 0 spiro atoms. The average molecular weight is 359 g/mol. The third-order valence-electron chi connectivity index (χ3n) is 4.35. The number of rotatable bonds is 4. The summed E-state index contributed by atoms with van der Waals surface area (Å²) in [6.45, 7) is 0. The Morgan fingerprint density at radius 1 is 1.25 bits per heavy atom. The molecule has 1 heterocycles. The first-order valence-electron chi connectivity index (χ1n) is 7.67. The third-order valence-corrected chi connectivity index (χ3v) is 5.49. The summed E-state index contributed by atoms with van der Waals surface area (Å²) in [6, 6.07) is 13.3. The van der Waals surface area contributed by atoms with E-state index >= 15 is 0 Å². The molecule has 24 heavy (non-hydrogen) atoms. The molecular weight excluding hydrogens is 344 g/mol. The molecule has 0 bridgehead atoms. The monoisotopic (exact) mass is 358 g/mol. The van der Waals surface area contributed by atoms with E-state index < -0.39 is 0 Å². The lowest BCUT2D eigenvalue weighted by molar-refractivity contribution is -0.123. The molecule has 4 rings (SSSR count). The number of nitrogens with one attached hydrogen (secondary N) is 1. The van der Waals surface area contributed by atoms with Crippen LogP contribution in [0.2, 0.25) is 5.02 Å². The molecule has 0 unspecified atom stereocenters. The van der Waals surface area contributed by atoms with Gasteiger partial charge in [-0.2, -0.15) is 0 Å². The highest BCUT2D eigenvalue weighted by atomic mass is 35.5. The van der Waals surface area contributed by atoms with E-state index in [9.17, 15) is 4.79 Å². The molecule has 0 radical (unpaired) electrons. The van der Waals surface area contributed by atoms with E-state index in [1.807, 2.05) is 42.5 Å². The van der Waals surface area contributed by atoms with Gasteiger partial charge in [-0.1, -0.05) is 35.1 Å². The first kappa shape index (κ1) is 15.4. The van der Waals surface area contributed by atoms with E-state index in [2.05, 4.69) is 10.3 Å². The van der Waals surface area contributed by atoms with Gasteiger partial charge >= 0.3 is 0 Å². The zero-order valence-corrected chi connectivity index (χ0v) is 14.6. The van der Waals surface area contributed by atoms with Crippen molar-refractivity contribution in [2.24, 2.45) is 0 Å². The molecule has 2 aromatic carbocycles. The van der Waals surface area contributed by atoms with Gasteiger partial charge in [0.25, 0.3) is 5.19 Å². The van der Waals surface area contributed by atoms with Crippen LogP contribution >= 0.6 is 22.9 Å². The minimum atomic E-state index is -0.347. The Labute approximate surface area is 148 Å². The molecule has 1 aliphatic carbocycles. The van der Waals surface area contributed by atoms with Gasteiger partial charge < -0.3 is 10.1 Å². The lowest BCUT2D eigenvalue weighted by Gasteiger charge is -2.14. The zero-order chi connectivity index (χ0) is 16.7. The first-order chi connectivity index (χ1) is 11.6. The van der Waals surface area contributed by atoms with Crippen molar-refractivity contribution in [3.05, 3.63) is 53.1 Å². The number of halogens is 1. The maximum Gasteiger partial charge on any atom is 0.279 e. The van der Waals surface area contributed by atoms with Gasteiger partial charge in [0.05, 0.1) is 15.6 Å². The second-order valence-electron chi connectivity index (χ2n) is 5.88. The fourth-order valence-corrected chi connectivity index (χ4v) is 3.99. The van der Waals surface area contributed by atoms with E-state index in [1.165, 1.54) is 11.3 Å². The van der Waals surface area contributed by atoms with Gasteiger partial charge in [-0.15, -0.1) is 0 Å². The quantitative estimate of drug-likeness (QED) is 0.746. The minimum Gasteiger partial charge on any atom is -0.431 e. The van der Waals surface area contributed by atoms with Crippen molar-refractivity contribution in [1.29, 1.82) is 0 Å². The molecule has 0 saturated heterocycles. The van der Waals surface area contributed by atoms with Crippen LogP contribution in [0, 0.1) is 0 Å². The number of carbonyl (C=O) groups is 1. The van der Waals surface area contributed by atoms with Crippen LogP contribution < -0.4 is 10.1 Å². The van der Waals surface area contributed by atoms with Crippen LogP contribution in [0.5, 0.6) is 10.9 Å². The molecule has 1 N–H and O–H groups in total. The predicted molar refractivity (Wildman–Crippen MR) is 96.1 cm³/mol. The first-order valence-corrected chi connectivity index (χ1v) is 8.87. The Hall–Kier alpha value is -2.11. The Balaban J connectivity index is 1.55. The molecule has 0 atom stereocenters. The molecule has 1 amide bonds. The molecule has 1 saturated carbocycles. The molecule has 1 aliphatic rings. The van der Waals surface area contributed by atoms with Gasteiger partial charge in [0.15, 0.2) is 0 Å². The number of likely N-dealkylation sites (N-methyl/N-ethyl adjacent to an activating group) is 1. The summed E-state index contributed by atoms with van der Waals surface area (Å²) in [4.78, 5) is 16.5. The lowest BCUT2D eigenvalue weighted by atomic mass is 9.95. The summed E-state index contributed by atoms with van der Waals surface area (Å²) < 4.78 is 6.83. The normalized spacial score (nSPS) is 15.2. The molecular formula is C18H15ClN2O2S. The SMILES string of the molecule is CNC(=O)C1(c2ccc(Oc3nc4ccc(Cl)cc4s3)cc2)CC1. The van der Waals surface area contributed by atoms with Crippen LogP contribution in [0.25, 0.3) is 10.2 Å². The maximum atomic E-state index is 12.0. The predicted octanol–water partition coefficient (Wildman–Crippen LogP) is 4.52. The molecule has 1 aromatic heterocycles. The smallest absolute Gasteiger partial charge is 0.279 e. The van der Waals surface area contributed by atoms with Crippen LogP contribution in [-0.4, -0.2) is 17.9 Å². The number of fused-ring (bicyclic) bond motifs is 1. The van der Waals surface area contributed by atoms with E-state index in [4.69, 9.17) is 16.3 Å². The van der Waals surface area contributed by atoms with Gasteiger partial charge in [-0.25, -0.2) is 4.98 Å². The van der Waals surface area contributed by atoms with Crippen LogP contribution in [0.3, 0.4) is 0 Å². The highest BCUT2D eigenvalue weighted by Crippen LogP contribution is 2.48. The summed E-state index contributed by atoms with van der Waals surface area (Å²) in [5.74, 6) is 0.788. The molecule has 122 valence electrons. The van der Waals surface area contributed by atoms with Crippen LogP contribution in [0.4, 0.5) is 0 Å². The fourth-order valence-electron chi connectivity index (χ4n) is 2.87. The fraction of sp³-hybridized carbons (Fsp3) is 0.222. The topological polar surface area (TPSA) is 51.2 Å². The number of thiazole rings is 1. The van der Waals surface area contributed by atoms with Crippen LogP contribution in [0.1, 0.15) is 18.4 Å². The second-order valence-corrected chi connectivity index (χ2v) is 7.31. The summed E-state index contributed by atoms with van der Waals surface area (Å²) in [5.41, 5.74) is 1.55. The van der Waals surface area contributed by atoms with Crippen molar-refractivity contribution in [3.63, 3.8) is 0 Å². The van der Waals surface area contributed by atoms with Crippen molar-refractivity contribution in [2.75, 3.05) is 7.05 Å². The number of nitrogens with zero attached hydrogens (tertiary/aromatic N) is 1. The zero-order valence-electron chi connectivity index (χ0n) is 13.0. The number of benzene rings is 2.